The third-order valence-corrected chi connectivity index (χ3v) is 5.59. The first-order valence-electron chi connectivity index (χ1n) is 10.4. The molecular formula is C25H27NO6S. The molecule has 3 rings (SSSR count). The van der Waals surface area contributed by atoms with Crippen molar-refractivity contribution in [1.29, 1.82) is 0 Å². The van der Waals surface area contributed by atoms with Crippen LogP contribution in [-0.2, 0) is 26.2 Å². The first kappa shape index (κ1) is 24.3. The lowest BCUT2D eigenvalue weighted by Crippen LogP contribution is -2.36. The van der Waals surface area contributed by atoms with E-state index < -0.39 is 28.0 Å². The van der Waals surface area contributed by atoms with E-state index in [1.807, 2.05) is 30.3 Å². The van der Waals surface area contributed by atoms with Crippen LogP contribution in [0.1, 0.15) is 38.1 Å². The van der Waals surface area contributed by atoms with Crippen molar-refractivity contribution >= 4 is 16.2 Å². The molecule has 0 radical (unpaired) electrons. The number of nitrogens with one attached hydrogen (secondary N) is 1. The maximum Gasteiger partial charge on any atom is 0.409 e. The molecule has 33 heavy (non-hydrogen) atoms. The number of amides is 1. The molecule has 0 aliphatic heterocycles. The van der Waals surface area contributed by atoms with E-state index >= 15 is 0 Å². The number of alkyl carbamates (subject to hydrolysis) is 1. The summed E-state index contributed by atoms with van der Waals surface area (Å²) in [4.78, 5) is 12.4. The number of rotatable bonds is 8. The smallest absolute Gasteiger partial charge is 0.409 e. The van der Waals surface area contributed by atoms with E-state index in [-0.39, 0.29) is 17.3 Å². The molecule has 1 atom stereocenters. The Morgan fingerprint density at radius 3 is 2.03 bits per heavy atom. The zero-order valence-corrected chi connectivity index (χ0v) is 19.5. The van der Waals surface area contributed by atoms with Crippen LogP contribution in [-0.4, -0.2) is 20.1 Å². The summed E-state index contributed by atoms with van der Waals surface area (Å²) in [5.74, 6) is 0.140. The maximum absolute atomic E-state index is 12.4. The van der Waals surface area contributed by atoms with Crippen LogP contribution in [0.5, 0.6) is 5.75 Å². The van der Waals surface area contributed by atoms with Crippen LogP contribution in [0.3, 0.4) is 0 Å². The molecule has 1 unspecified atom stereocenters. The van der Waals surface area contributed by atoms with Crippen molar-refractivity contribution < 1.29 is 26.9 Å². The molecule has 0 heterocycles. The van der Waals surface area contributed by atoms with Crippen molar-refractivity contribution in [1.82, 2.24) is 5.32 Å². The quantitative estimate of drug-likeness (QED) is 0.360. The SMILES string of the molecule is CC(C)(C)OC(=O)NC(OCc1ccccc1)c1ccc(OS(=O)(=O)c2ccccc2)cc1. The first-order chi connectivity index (χ1) is 15.6. The van der Waals surface area contributed by atoms with Gasteiger partial charge in [-0.3, -0.25) is 5.32 Å². The number of hydrogen-bond donors (Lipinski definition) is 1. The van der Waals surface area contributed by atoms with Gasteiger partial charge in [0.15, 0.2) is 6.23 Å². The third-order valence-electron chi connectivity index (χ3n) is 4.33. The lowest BCUT2D eigenvalue weighted by molar-refractivity contribution is -0.00262. The number of benzene rings is 3. The second-order valence-corrected chi connectivity index (χ2v) is 9.79. The summed E-state index contributed by atoms with van der Waals surface area (Å²) < 4.78 is 41.4. The lowest BCUT2D eigenvalue weighted by atomic mass is 10.2. The van der Waals surface area contributed by atoms with Gasteiger partial charge in [0.25, 0.3) is 0 Å². The monoisotopic (exact) mass is 469 g/mol. The van der Waals surface area contributed by atoms with Crippen molar-refractivity contribution in [3.63, 3.8) is 0 Å². The largest absolute Gasteiger partial charge is 0.444 e. The Kier molecular flexibility index (Phi) is 7.73. The van der Waals surface area contributed by atoms with E-state index in [0.717, 1.165) is 5.56 Å². The number of carbonyl (C=O) groups is 1. The standard InChI is InChI=1S/C25H27NO6S/c1-25(2,3)31-24(27)26-23(30-18-19-10-6-4-7-11-19)20-14-16-21(17-15-20)32-33(28,29)22-12-8-5-9-13-22/h4-17,23H,18H2,1-3H3,(H,26,27). The molecule has 0 aliphatic rings. The molecular weight excluding hydrogens is 442 g/mol. The summed E-state index contributed by atoms with van der Waals surface area (Å²) in [6.07, 6.45) is -1.45. The third kappa shape index (κ3) is 7.62. The number of carbonyl (C=O) groups excluding carboxylic acids is 1. The summed E-state index contributed by atoms with van der Waals surface area (Å²) in [6, 6.07) is 23.7. The highest BCUT2D eigenvalue weighted by Gasteiger charge is 2.22. The molecule has 0 fully saturated rings. The minimum Gasteiger partial charge on any atom is -0.444 e. The number of hydrogen-bond acceptors (Lipinski definition) is 6. The van der Waals surface area contributed by atoms with Crippen LogP contribution >= 0.6 is 0 Å². The van der Waals surface area contributed by atoms with Crippen LogP contribution in [0.4, 0.5) is 4.79 Å². The Labute approximate surface area is 194 Å². The molecule has 0 bridgehead atoms. The van der Waals surface area contributed by atoms with Crippen LogP contribution in [0, 0.1) is 0 Å². The summed E-state index contributed by atoms with van der Waals surface area (Å²) in [5, 5.41) is 2.71. The molecule has 0 saturated carbocycles. The van der Waals surface area contributed by atoms with Crippen LogP contribution in [0.25, 0.3) is 0 Å². The van der Waals surface area contributed by atoms with Gasteiger partial charge in [0.05, 0.1) is 6.61 Å². The van der Waals surface area contributed by atoms with E-state index in [9.17, 15) is 13.2 Å². The molecule has 0 aromatic heterocycles. The topological polar surface area (TPSA) is 90.9 Å². The summed E-state index contributed by atoms with van der Waals surface area (Å²) in [7, 11) is -3.95. The number of ether oxygens (including phenoxy) is 2. The van der Waals surface area contributed by atoms with E-state index in [4.69, 9.17) is 13.7 Å². The zero-order valence-electron chi connectivity index (χ0n) is 18.7. The van der Waals surface area contributed by atoms with Gasteiger partial charge in [-0.1, -0.05) is 60.7 Å². The van der Waals surface area contributed by atoms with E-state index in [0.29, 0.717) is 5.56 Å². The molecule has 174 valence electrons. The van der Waals surface area contributed by atoms with Gasteiger partial charge in [0.2, 0.25) is 0 Å². The highest BCUT2D eigenvalue weighted by atomic mass is 32.2. The molecule has 0 aliphatic carbocycles. The van der Waals surface area contributed by atoms with Gasteiger partial charge in [-0.15, -0.1) is 0 Å². The molecule has 3 aromatic rings. The molecule has 1 amide bonds. The molecule has 1 N–H and O–H groups in total. The minimum absolute atomic E-state index is 0.0599. The van der Waals surface area contributed by atoms with Gasteiger partial charge < -0.3 is 13.7 Å². The summed E-state index contributed by atoms with van der Waals surface area (Å²) >= 11 is 0. The summed E-state index contributed by atoms with van der Waals surface area (Å²) in [6.45, 7) is 5.56. The Balaban J connectivity index is 1.75. The van der Waals surface area contributed by atoms with Crippen LogP contribution in [0.15, 0.2) is 89.8 Å². The van der Waals surface area contributed by atoms with Gasteiger partial charge >= 0.3 is 16.2 Å². The van der Waals surface area contributed by atoms with Gasteiger partial charge in [-0.2, -0.15) is 8.42 Å². The van der Waals surface area contributed by atoms with Crippen molar-refractivity contribution in [3.05, 3.63) is 96.1 Å². The van der Waals surface area contributed by atoms with Crippen molar-refractivity contribution in [2.45, 2.75) is 44.1 Å². The minimum atomic E-state index is -3.95. The van der Waals surface area contributed by atoms with Gasteiger partial charge in [0.1, 0.15) is 16.2 Å². The predicted molar refractivity (Wildman–Crippen MR) is 124 cm³/mol. The van der Waals surface area contributed by atoms with Gasteiger partial charge in [-0.05, 0) is 50.6 Å². The predicted octanol–water partition coefficient (Wildman–Crippen LogP) is 5.19. The van der Waals surface area contributed by atoms with Crippen molar-refractivity contribution in [3.8, 4) is 5.75 Å². The Morgan fingerprint density at radius 1 is 0.879 bits per heavy atom. The Morgan fingerprint density at radius 2 is 1.45 bits per heavy atom. The van der Waals surface area contributed by atoms with Crippen molar-refractivity contribution in [2.75, 3.05) is 0 Å². The average Bonchev–Trinajstić information content (AvgIpc) is 2.77. The van der Waals surface area contributed by atoms with Crippen LogP contribution < -0.4 is 9.50 Å². The molecule has 0 spiro atoms. The fourth-order valence-electron chi connectivity index (χ4n) is 2.85. The van der Waals surface area contributed by atoms with E-state index in [1.54, 1.807) is 51.1 Å². The molecule has 3 aromatic carbocycles. The molecule has 0 saturated heterocycles. The lowest BCUT2D eigenvalue weighted by Gasteiger charge is -2.24. The first-order valence-corrected chi connectivity index (χ1v) is 11.8. The second-order valence-electron chi connectivity index (χ2n) is 8.24. The Hall–Kier alpha value is -3.36. The van der Waals surface area contributed by atoms with Gasteiger partial charge in [0, 0.05) is 5.56 Å². The van der Waals surface area contributed by atoms with Crippen molar-refractivity contribution in [2.24, 2.45) is 0 Å². The van der Waals surface area contributed by atoms with Crippen LogP contribution in [0.2, 0.25) is 0 Å². The molecule has 7 nitrogen and oxygen atoms in total. The van der Waals surface area contributed by atoms with E-state index in [1.165, 1.54) is 24.3 Å². The second kappa shape index (κ2) is 10.5. The summed E-state index contributed by atoms with van der Waals surface area (Å²) in [5.41, 5.74) is 0.862. The normalized spacial score (nSPS) is 12.6. The molecule has 8 heteroatoms. The zero-order chi connectivity index (χ0) is 23.9. The Bertz CT molecular complexity index is 1140. The van der Waals surface area contributed by atoms with Gasteiger partial charge in [-0.25, -0.2) is 4.79 Å². The van der Waals surface area contributed by atoms with E-state index in [2.05, 4.69) is 5.32 Å². The fraction of sp³-hybridized carbons (Fsp3) is 0.240. The fourth-order valence-corrected chi connectivity index (χ4v) is 3.80. The highest BCUT2D eigenvalue weighted by Crippen LogP contribution is 2.23. The maximum atomic E-state index is 12.4. The highest BCUT2D eigenvalue weighted by molar-refractivity contribution is 7.87. The average molecular weight is 470 g/mol.